The highest BCUT2D eigenvalue weighted by Gasteiger charge is 2.24. The van der Waals surface area contributed by atoms with Crippen molar-refractivity contribution < 1.29 is 13.2 Å². The molecule has 2 aromatic carbocycles. The third-order valence-corrected chi connectivity index (χ3v) is 6.83. The molecule has 1 saturated heterocycles. The van der Waals surface area contributed by atoms with Crippen molar-refractivity contribution in [3.05, 3.63) is 53.1 Å². The van der Waals surface area contributed by atoms with E-state index in [0.717, 1.165) is 42.5 Å². The van der Waals surface area contributed by atoms with E-state index in [4.69, 9.17) is 0 Å². The monoisotopic (exact) mass is 384 g/mol. The van der Waals surface area contributed by atoms with Crippen LogP contribution in [0, 0.1) is 6.92 Å². The summed E-state index contributed by atoms with van der Waals surface area (Å²) in [5.74, 6) is 0.0906. The van der Waals surface area contributed by atoms with Crippen LogP contribution in [-0.2, 0) is 27.7 Å². The molecular formula is C21H24N2O3S. The van der Waals surface area contributed by atoms with E-state index in [1.807, 2.05) is 19.1 Å². The Labute approximate surface area is 160 Å². The van der Waals surface area contributed by atoms with Crippen LogP contribution in [0.25, 0.3) is 0 Å². The lowest BCUT2D eigenvalue weighted by Gasteiger charge is -2.20. The van der Waals surface area contributed by atoms with E-state index >= 15 is 0 Å². The molecule has 5 nitrogen and oxygen atoms in total. The minimum absolute atomic E-state index is 0.0906. The van der Waals surface area contributed by atoms with Gasteiger partial charge in [0.15, 0.2) is 0 Å². The lowest BCUT2D eigenvalue weighted by atomic mass is 9.92. The number of hydrogen-bond donors (Lipinski definition) is 1. The van der Waals surface area contributed by atoms with Crippen LogP contribution in [0.2, 0.25) is 0 Å². The minimum atomic E-state index is -3.67. The number of sulfonamides is 1. The first-order valence-electron chi connectivity index (χ1n) is 9.50. The second-order valence-corrected chi connectivity index (χ2v) is 9.08. The lowest BCUT2D eigenvalue weighted by molar-refractivity contribution is -0.117. The highest BCUT2D eigenvalue weighted by atomic mass is 32.2. The Kier molecular flexibility index (Phi) is 4.68. The Balaban J connectivity index is 1.62. The van der Waals surface area contributed by atoms with Crippen molar-refractivity contribution in [2.75, 3.05) is 16.2 Å². The smallest absolute Gasteiger partial charge is 0.261 e. The zero-order valence-electron chi connectivity index (χ0n) is 15.5. The van der Waals surface area contributed by atoms with Gasteiger partial charge in [0.1, 0.15) is 0 Å². The molecule has 0 radical (unpaired) electrons. The van der Waals surface area contributed by atoms with Gasteiger partial charge in [-0.1, -0.05) is 12.1 Å². The Morgan fingerprint density at radius 2 is 1.70 bits per heavy atom. The van der Waals surface area contributed by atoms with Gasteiger partial charge in [0.25, 0.3) is 10.0 Å². The summed E-state index contributed by atoms with van der Waals surface area (Å²) in [5, 5.41) is 0. The van der Waals surface area contributed by atoms with E-state index < -0.39 is 10.0 Å². The Hall–Kier alpha value is -2.34. The number of fused-ring (bicyclic) bond motifs is 1. The van der Waals surface area contributed by atoms with E-state index in [-0.39, 0.29) is 5.91 Å². The number of carbonyl (C=O) groups is 1. The fourth-order valence-corrected chi connectivity index (χ4v) is 5.06. The molecule has 1 fully saturated rings. The number of hydrogen-bond acceptors (Lipinski definition) is 3. The summed E-state index contributed by atoms with van der Waals surface area (Å²) in [4.78, 5) is 14.1. The van der Waals surface area contributed by atoms with Crippen molar-refractivity contribution in [1.29, 1.82) is 0 Å². The van der Waals surface area contributed by atoms with Gasteiger partial charge in [-0.2, -0.15) is 0 Å². The summed E-state index contributed by atoms with van der Waals surface area (Å²) >= 11 is 0. The maximum Gasteiger partial charge on any atom is 0.261 e. The molecule has 1 aliphatic heterocycles. The largest absolute Gasteiger partial charge is 0.312 e. The molecule has 2 aliphatic rings. The third kappa shape index (κ3) is 3.58. The van der Waals surface area contributed by atoms with Crippen molar-refractivity contribution in [2.24, 2.45) is 0 Å². The van der Waals surface area contributed by atoms with Gasteiger partial charge in [-0.25, -0.2) is 8.42 Å². The van der Waals surface area contributed by atoms with Gasteiger partial charge in [-0.3, -0.25) is 9.52 Å². The average Bonchev–Trinajstić information content (AvgIpc) is 3.08. The van der Waals surface area contributed by atoms with Crippen LogP contribution >= 0.6 is 0 Å². The van der Waals surface area contributed by atoms with Crippen molar-refractivity contribution >= 4 is 27.3 Å². The number of nitrogens with zero attached hydrogens (tertiary/aromatic N) is 1. The molecule has 1 heterocycles. The number of amides is 1. The zero-order chi connectivity index (χ0) is 19.0. The minimum Gasteiger partial charge on any atom is -0.312 e. The fraction of sp³-hybridized carbons (Fsp3) is 0.381. The Morgan fingerprint density at radius 1 is 0.926 bits per heavy atom. The molecule has 27 heavy (non-hydrogen) atoms. The predicted molar refractivity (Wildman–Crippen MR) is 107 cm³/mol. The number of carbonyl (C=O) groups excluding carboxylic acids is 1. The highest BCUT2D eigenvalue weighted by Crippen LogP contribution is 2.30. The van der Waals surface area contributed by atoms with E-state index in [1.165, 1.54) is 12.0 Å². The van der Waals surface area contributed by atoms with Gasteiger partial charge >= 0.3 is 0 Å². The SMILES string of the molecule is Cc1ccc(NS(=O)(=O)c2ccc3c(c2)CCCC3)cc1N1CCCC1=O. The van der Waals surface area contributed by atoms with Crippen molar-refractivity contribution in [3.8, 4) is 0 Å². The van der Waals surface area contributed by atoms with Crippen molar-refractivity contribution in [3.63, 3.8) is 0 Å². The van der Waals surface area contributed by atoms with Crippen LogP contribution in [0.5, 0.6) is 0 Å². The fourth-order valence-electron chi connectivity index (χ4n) is 3.96. The first-order chi connectivity index (χ1) is 12.9. The molecule has 6 heteroatoms. The number of benzene rings is 2. The maximum atomic E-state index is 12.9. The van der Waals surface area contributed by atoms with Gasteiger partial charge in [-0.15, -0.1) is 0 Å². The summed E-state index contributed by atoms with van der Waals surface area (Å²) in [6.45, 7) is 2.61. The van der Waals surface area contributed by atoms with Crippen molar-refractivity contribution in [1.82, 2.24) is 0 Å². The molecule has 0 aromatic heterocycles. The molecule has 4 rings (SSSR count). The molecule has 1 N–H and O–H groups in total. The van der Waals surface area contributed by atoms with Crippen LogP contribution in [0.1, 0.15) is 42.4 Å². The van der Waals surface area contributed by atoms with Gasteiger partial charge in [-0.05, 0) is 80.0 Å². The van der Waals surface area contributed by atoms with Crippen LogP contribution in [0.4, 0.5) is 11.4 Å². The molecule has 1 amide bonds. The zero-order valence-corrected chi connectivity index (χ0v) is 16.3. The second kappa shape index (κ2) is 7.00. The number of nitrogens with one attached hydrogen (secondary N) is 1. The van der Waals surface area contributed by atoms with Crippen LogP contribution in [0.3, 0.4) is 0 Å². The van der Waals surface area contributed by atoms with Gasteiger partial charge in [0.05, 0.1) is 10.6 Å². The summed E-state index contributed by atoms with van der Waals surface area (Å²) in [5.41, 5.74) is 4.61. The highest BCUT2D eigenvalue weighted by molar-refractivity contribution is 7.92. The van der Waals surface area contributed by atoms with E-state index in [2.05, 4.69) is 4.72 Å². The molecule has 0 atom stereocenters. The Bertz CT molecular complexity index is 998. The van der Waals surface area contributed by atoms with Gasteiger partial charge in [0, 0.05) is 18.7 Å². The summed E-state index contributed by atoms with van der Waals surface area (Å²) < 4.78 is 28.4. The topological polar surface area (TPSA) is 66.5 Å². The molecule has 142 valence electrons. The summed E-state index contributed by atoms with van der Waals surface area (Å²) in [6, 6.07) is 10.8. The number of aryl methyl sites for hydroxylation is 3. The Morgan fingerprint density at radius 3 is 2.44 bits per heavy atom. The quantitative estimate of drug-likeness (QED) is 0.872. The average molecular weight is 385 g/mol. The molecule has 2 aromatic rings. The van der Waals surface area contributed by atoms with E-state index in [9.17, 15) is 13.2 Å². The normalized spacial score (nSPS) is 17.1. The maximum absolute atomic E-state index is 12.9. The number of rotatable bonds is 4. The summed E-state index contributed by atoms with van der Waals surface area (Å²) in [7, 11) is -3.67. The molecule has 0 unspecified atom stereocenters. The molecular weight excluding hydrogens is 360 g/mol. The van der Waals surface area contributed by atoms with Crippen LogP contribution in [0.15, 0.2) is 41.3 Å². The molecule has 0 bridgehead atoms. The van der Waals surface area contributed by atoms with Gasteiger partial charge in [0.2, 0.25) is 5.91 Å². The van der Waals surface area contributed by atoms with E-state index in [1.54, 1.807) is 29.2 Å². The van der Waals surface area contributed by atoms with Crippen LogP contribution in [-0.4, -0.2) is 20.9 Å². The predicted octanol–water partition coefficient (Wildman–Crippen LogP) is 3.80. The van der Waals surface area contributed by atoms with Gasteiger partial charge < -0.3 is 4.90 Å². The molecule has 0 saturated carbocycles. The third-order valence-electron chi connectivity index (χ3n) is 5.46. The van der Waals surface area contributed by atoms with E-state index in [0.29, 0.717) is 23.5 Å². The molecule has 1 aliphatic carbocycles. The van der Waals surface area contributed by atoms with Crippen molar-refractivity contribution in [2.45, 2.75) is 50.3 Å². The molecule has 0 spiro atoms. The summed E-state index contributed by atoms with van der Waals surface area (Å²) in [6.07, 6.45) is 5.61. The standard InChI is InChI=1S/C21H24N2O3S/c1-15-8-10-18(14-20(15)23-12-4-7-21(23)24)22-27(25,26)19-11-9-16-5-2-3-6-17(16)13-19/h8-11,13-14,22H,2-7,12H2,1H3. The second-order valence-electron chi connectivity index (χ2n) is 7.39. The van der Waals surface area contributed by atoms with Crippen LogP contribution < -0.4 is 9.62 Å². The first-order valence-corrected chi connectivity index (χ1v) is 11.0. The lowest BCUT2D eigenvalue weighted by Crippen LogP contribution is -2.24. The first kappa shape index (κ1) is 18.0. The number of anilines is 2.